The van der Waals surface area contributed by atoms with Crippen molar-refractivity contribution in [1.29, 1.82) is 0 Å². The molecule has 5 nitrogen and oxygen atoms in total. The first kappa shape index (κ1) is 13.9. The van der Waals surface area contributed by atoms with Gasteiger partial charge in [-0.25, -0.2) is 4.39 Å². The molecule has 2 aromatic carbocycles. The molecule has 0 bridgehead atoms. The normalized spacial score (nSPS) is 10.3. The smallest absolute Gasteiger partial charge is 0.307 e. The van der Waals surface area contributed by atoms with E-state index in [9.17, 15) is 18.9 Å². The Morgan fingerprint density at radius 2 is 1.95 bits per heavy atom. The number of benzene rings is 2. The molecule has 0 atom stereocenters. The number of hydrogen-bond acceptors (Lipinski definition) is 4. The lowest BCUT2D eigenvalue weighted by Crippen LogP contribution is -1.98. The number of hydrogen-bond donors (Lipinski definition) is 1. The Balaban J connectivity index is 2.34. The fourth-order valence-electron chi connectivity index (χ4n) is 1.60. The highest BCUT2D eigenvalue weighted by atomic mass is 19.1. The van der Waals surface area contributed by atoms with Gasteiger partial charge in [-0.1, -0.05) is 12.1 Å². The van der Waals surface area contributed by atoms with Crippen LogP contribution in [0.4, 0.5) is 14.5 Å². The summed E-state index contributed by atoms with van der Waals surface area (Å²) < 4.78 is 32.2. The molecule has 0 aliphatic heterocycles. The number of ether oxygens (including phenoxy) is 1. The molecule has 0 aromatic heterocycles. The molecule has 0 heterocycles. The molecule has 0 aliphatic rings. The zero-order chi connectivity index (χ0) is 14.7. The van der Waals surface area contributed by atoms with Crippen LogP contribution < -0.4 is 10.5 Å². The summed E-state index contributed by atoms with van der Waals surface area (Å²) in [4.78, 5) is 9.47. The highest BCUT2D eigenvalue weighted by Gasteiger charge is 2.19. The lowest BCUT2D eigenvalue weighted by atomic mass is 10.2. The maximum Gasteiger partial charge on any atom is 0.307 e. The van der Waals surface area contributed by atoms with Crippen molar-refractivity contribution in [2.45, 2.75) is 6.54 Å². The highest BCUT2D eigenvalue weighted by molar-refractivity contribution is 5.42. The van der Waals surface area contributed by atoms with Gasteiger partial charge in [0.05, 0.1) is 11.0 Å². The number of nitrogens with two attached hydrogens (primary N) is 1. The van der Waals surface area contributed by atoms with Gasteiger partial charge in [-0.05, 0) is 17.7 Å². The first-order valence-corrected chi connectivity index (χ1v) is 5.61. The third kappa shape index (κ3) is 2.89. The molecule has 2 N–H and O–H groups in total. The molecule has 0 saturated carbocycles. The van der Waals surface area contributed by atoms with Gasteiger partial charge in [0.15, 0.2) is 11.6 Å². The zero-order valence-electron chi connectivity index (χ0n) is 10.2. The van der Waals surface area contributed by atoms with E-state index in [0.717, 1.165) is 5.56 Å². The van der Waals surface area contributed by atoms with Crippen LogP contribution in [0.1, 0.15) is 5.56 Å². The van der Waals surface area contributed by atoms with E-state index >= 15 is 0 Å². The van der Waals surface area contributed by atoms with Gasteiger partial charge in [0.25, 0.3) is 0 Å². The average molecular weight is 280 g/mol. The fourth-order valence-corrected chi connectivity index (χ4v) is 1.60. The van der Waals surface area contributed by atoms with E-state index in [0.29, 0.717) is 12.1 Å². The van der Waals surface area contributed by atoms with Crippen LogP contribution in [0.15, 0.2) is 36.4 Å². The van der Waals surface area contributed by atoms with Crippen molar-refractivity contribution in [2.75, 3.05) is 0 Å². The summed E-state index contributed by atoms with van der Waals surface area (Å²) in [6.45, 7) is 0.272. The Bertz CT molecular complexity index is 662. The molecule has 2 rings (SSSR count). The molecule has 0 radical (unpaired) electrons. The molecule has 0 spiro atoms. The van der Waals surface area contributed by atoms with Gasteiger partial charge in [0, 0.05) is 12.6 Å². The van der Waals surface area contributed by atoms with Crippen LogP contribution in [0.5, 0.6) is 11.5 Å². The summed E-state index contributed by atoms with van der Waals surface area (Å²) in [5.41, 5.74) is 5.27. The first-order chi connectivity index (χ1) is 9.51. The van der Waals surface area contributed by atoms with Crippen LogP contribution in [0.2, 0.25) is 0 Å². The van der Waals surface area contributed by atoms with E-state index in [1.807, 2.05) is 0 Å². The second-order valence-corrected chi connectivity index (χ2v) is 3.94. The number of nitro benzene ring substituents is 1. The monoisotopic (exact) mass is 280 g/mol. The Hall–Kier alpha value is -2.54. The Kier molecular flexibility index (Phi) is 3.90. The second-order valence-electron chi connectivity index (χ2n) is 3.94. The van der Waals surface area contributed by atoms with E-state index in [2.05, 4.69) is 0 Å². The van der Waals surface area contributed by atoms with Crippen molar-refractivity contribution in [2.24, 2.45) is 5.73 Å². The van der Waals surface area contributed by atoms with E-state index in [4.69, 9.17) is 10.5 Å². The number of nitrogens with zero attached hydrogens (tertiary/aromatic N) is 1. The van der Waals surface area contributed by atoms with Gasteiger partial charge < -0.3 is 10.5 Å². The minimum absolute atomic E-state index is 0.264. The number of rotatable bonds is 4. The molecule has 2 aromatic rings. The molecule has 0 amide bonds. The van der Waals surface area contributed by atoms with Crippen LogP contribution in [-0.4, -0.2) is 4.92 Å². The SMILES string of the molecule is NCc1cccc(Oc2cc(F)c([N+](=O)[O-])cc2F)c1. The molecule has 0 saturated heterocycles. The molecular weight excluding hydrogens is 270 g/mol. The van der Waals surface area contributed by atoms with E-state index < -0.39 is 28.0 Å². The quantitative estimate of drug-likeness (QED) is 0.689. The average Bonchev–Trinajstić information content (AvgIpc) is 2.42. The molecule has 0 unspecified atom stereocenters. The largest absolute Gasteiger partial charge is 0.454 e. The van der Waals surface area contributed by atoms with Gasteiger partial charge >= 0.3 is 5.69 Å². The Morgan fingerprint density at radius 1 is 1.20 bits per heavy atom. The zero-order valence-corrected chi connectivity index (χ0v) is 10.2. The summed E-state index contributed by atoms with van der Waals surface area (Å²) in [6.07, 6.45) is 0. The molecular formula is C13H10F2N2O3. The van der Waals surface area contributed by atoms with Crippen molar-refractivity contribution in [1.82, 2.24) is 0 Å². The molecule has 0 fully saturated rings. The van der Waals surface area contributed by atoms with Gasteiger partial charge in [-0.15, -0.1) is 0 Å². The number of nitro groups is 1. The van der Waals surface area contributed by atoms with Crippen molar-refractivity contribution >= 4 is 5.69 Å². The standard InChI is InChI=1S/C13H10F2N2O3/c14-10-6-13(11(15)5-12(10)17(18)19)20-9-3-1-2-8(4-9)7-16/h1-6H,7,16H2. The van der Waals surface area contributed by atoms with Gasteiger partial charge in [0.1, 0.15) is 5.75 Å². The maximum atomic E-state index is 13.6. The predicted molar refractivity (Wildman–Crippen MR) is 67.4 cm³/mol. The molecule has 20 heavy (non-hydrogen) atoms. The Labute approximate surface area is 112 Å². The lowest BCUT2D eigenvalue weighted by Gasteiger charge is -2.08. The molecule has 7 heteroatoms. The maximum absolute atomic E-state index is 13.6. The molecule has 0 aliphatic carbocycles. The first-order valence-electron chi connectivity index (χ1n) is 5.61. The number of halogens is 2. The van der Waals surface area contributed by atoms with Gasteiger partial charge in [-0.2, -0.15) is 4.39 Å². The summed E-state index contributed by atoms with van der Waals surface area (Å²) >= 11 is 0. The van der Waals surface area contributed by atoms with Crippen LogP contribution in [0, 0.1) is 21.7 Å². The summed E-state index contributed by atoms with van der Waals surface area (Å²) in [5.74, 6) is -2.35. The molecule has 104 valence electrons. The summed E-state index contributed by atoms with van der Waals surface area (Å²) in [7, 11) is 0. The predicted octanol–water partition coefficient (Wildman–Crippen LogP) is 3.12. The van der Waals surface area contributed by atoms with Crippen LogP contribution in [0.25, 0.3) is 0 Å². The third-order valence-corrected chi connectivity index (χ3v) is 2.56. The summed E-state index contributed by atoms with van der Waals surface area (Å²) in [5, 5.41) is 10.5. The van der Waals surface area contributed by atoms with E-state index in [-0.39, 0.29) is 12.3 Å². The van der Waals surface area contributed by atoms with Crippen molar-refractivity contribution in [3.05, 3.63) is 63.7 Å². The van der Waals surface area contributed by atoms with Crippen LogP contribution in [0.3, 0.4) is 0 Å². The van der Waals surface area contributed by atoms with Gasteiger partial charge in [0.2, 0.25) is 5.82 Å². The minimum atomic E-state index is -1.17. The summed E-state index contributed by atoms with van der Waals surface area (Å²) in [6, 6.07) is 7.63. The Morgan fingerprint density at radius 3 is 2.60 bits per heavy atom. The third-order valence-electron chi connectivity index (χ3n) is 2.56. The van der Waals surface area contributed by atoms with Crippen molar-refractivity contribution < 1.29 is 18.4 Å². The van der Waals surface area contributed by atoms with Crippen molar-refractivity contribution in [3.63, 3.8) is 0 Å². The van der Waals surface area contributed by atoms with E-state index in [1.165, 1.54) is 6.07 Å². The topological polar surface area (TPSA) is 78.4 Å². The second kappa shape index (κ2) is 5.62. The van der Waals surface area contributed by atoms with Crippen molar-refractivity contribution in [3.8, 4) is 11.5 Å². The highest BCUT2D eigenvalue weighted by Crippen LogP contribution is 2.30. The van der Waals surface area contributed by atoms with E-state index in [1.54, 1.807) is 18.2 Å². The minimum Gasteiger partial charge on any atom is -0.454 e. The lowest BCUT2D eigenvalue weighted by molar-refractivity contribution is -0.387. The van der Waals surface area contributed by atoms with Crippen LogP contribution in [-0.2, 0) is 6.54 Å². The van der Waals surface area contributed by atoms with Crippen LogP contribution >= 0.6 is 0 Å². The van der Waals surface area contributed by atoms with Gasteiger partial charge in [-0.3, -0.25) is 10.1 Å². The fraction of sp³-hybridized carbons (Fsp3) is 0.0769.